The first-order chi connectivity index (χ1) is 12.3. The molecule has 1 atom stereocenters. The summed E-state index contributed by atoms with van der Waals surface area (Å²) < 4.78 is 5.27. The third kappa shape index (κ3) is 4.28. The highest BCUT2D eigenvalue weighted by Crippen LogP contribution is 2.24. The molecule has 3 nitrogen and oxygen atoms in total. The molecule has 1 aliphatic heterocycles. The molecule has 0 aliphatic carbocycles. The van der Waals surface area contributed by atoms with Gasteiger partial charge in [0.25, 0.3) is 0 Å². The van der Waals surface area contributed by atoms with Gasteiger partial charge in [-0.1, -0.05) is 79.4 Å². The van der Waals surface area contributed by atoms with Crippen LogP contribution in [0.5, 0.6) is 0 Å². The molecule has 1 amide bonds. The van der Waals surface area contributed by atoms with Crippen molar-refractivity contribution in [1.29, 1.82) is 0 Å². The molecule has 2 aromatic carbocycles. The standard InChI is InChI=1S/C22H21NO2/c1-2-20(15-9-14-18-10-5-3-6-11-18)23-21(17-25-22(23)24)16-19-12-7-4-8-13-19/h3-14,21H,1,15-17H2/b14-9+/t21-/m1/s1. The lowest BCUT2D eigenvalue weighted by atomic mass is 10.1. The third-order valence-corrected chi connectivity index (χ3v) is 4.19. The van der Waals surface area contributed by atoms with Gasteiger partial charge in [0, 0.05) is 6.42 Å². The van der Waals surface area contributed by atoms with Gasteiger partial charge in [0.2, 0.25) is 0 Å². The summed E-state index contributed by atoms with van der Waals surface area (Å²) in [4.78, 5) is 13.9. The topological polar surface area (TPSA) is 29.5 Å². The van der Waals surface area contributed by atoms with Crippen molar-refractivity contribution in [2.75, 3.05) is 6.61 Å². The number of hydrogen-bond acceptors (Lipinski definition) is 2. The van der Waals surface area contributed by atoms with E-state index >= 15 is 0 Å². The highest BCUT2D eigenvalue weighted by molar-refractivity contribution is 5.72. The number of hydrogen-bond donors (Lipinski definition) is 0. The van der Waals surface area contributed by atoms with Crippen LogP contribution in [0.15, 0.2) is 84.7 Å². The van der Waals surface area contributed by atoms with Gasteiger partial charge >= 0.3 is 6.09 Å². The Kier molecular flexibility index (Phi) is 5.50. The minimum Gasteiger partial charge on any atom is -0.447 e. The molecule has 1 fully saturated rings. The van der Waals surface area contributed by atoms with Crippen molar-refractivity contribution in [2.45, 2.75) is 18.9 Å². The van der Waals surface area contributed by atoms with Crippen molar-refractivity contribution < 1.29 is 9.53 Å². The molecule has 25 heavy (non-hydrogen) atoms. The summed E-state index contributed by atoms with van der Waals surface area (Å²) in [5.74, 6) is 0. The van der Waals surface area contributed by atoms with Crippen LogP contribution in [-0.4, -0.2) is 23.6 Å². The summed E-state index contributed by atoms with van der Waals surface area (Å²) in [7, 11) is 0. The monoisotopic (exact) mass is 331 g/mol. The van der Waals surface area contributed by atoms with Crippen LogP contribution in [0.25, 0.3) is 6.08 Å². The van der Waals surface area contributed by atoms with Crippen molar-refractivity contribution in [3.63, 3.8) is 0 Å². The van der Waals surface area contributed by atoms with Crippen LogP contribution >= 0.6 is 0 Å². The fourth-order valence-corrected chi connectivity index (χ4v) is 2.95. The third-order valence-electron chi connectivity index (χ3n) is 4.19. The summed E-state index contributed by atoms with van der Waals surface area (Å²) in [6.07, 6.45) is 5.07. The molecule has 0 radical (unpaired) electrons. The molecule has 0 bridgehead atoms. The van der Waals surface area contributed by atoms with Gasteiger partial charge in [0.1, 0.15) is 6.61 Å². The summed E-state index contributed by atoms with van der Waals surface area (Å²) in [5, 5.41) is 0. The van der Waals surface area contributed by atoms with Gasteiger partial charge in [-0.3, -0.25) is 4.90 Å². The maximum absolute atomic E-state index is 12.2. The molecule has 3 rings (SSSR count). The molecule has 0 N–H and O–H groups in total. The summed E-state index contributed by atoms with van der Waals surface area (Å²) in [5.41, 5.74) is 5.96. The SMILES string of the molecule is C=C=C(C/C=C/c1ccccc1)N1C(=O)OC[C@H]1Cc1ccccc1. The normalized spacial score (nSPS) is 16.7. The predicted molar refractivity (Wildman–Crippen MR) is 99.9 cm³/mol. The molecule has 3 heteroatoms. The fraction of sp³-hybridized carbons (Fsp3) is 0.182. The summed E-state index contributed by atoms with van der Waals surface area (Å²) in [6, 6.07) is 20.2. The Hall–Kier alpha value is -3.03. The number of rotatable bonds is 6. The quantitative estimate of drug-likeness (QED) is 0.710. The lowest BCUT2D eigenvalue weighted by Crippen LogP contribution is -2.34. The van der Waals surface area contributed by atoms with Crippen LogP contribution in [0, 0.1) is 0 Å². The Bertz CT molecular complexity index is 789. The van der Waals surface area contributed by atoms with E-state index in [9.17, 15) is 4.79 Å². The smallest absolute Gasteiger partial charge is 0.414 e. The molecule has 1 aliphatic rings. The van der Waals surface area contributed by atoms with E-state index in [-0.39, 0.29) is 12.1 Å². The first kappa shape index (κ1) is 16.8. The van der Waals surface area contributed by atoms with Gasteiger partial charge in [0.15, 0.2) is 0 Å². The molecular weight excluding hydrogens is 310 g/mol. The second kappa shape index (κ2) is 8.18. The van der Waals surface area contributed by atoms with Crippen molar-refractivity contribution in [2.24, 2.45) is 0 Å². The number of cyclic esters (lactones) is 1. The Morgan fingerprint density at radius 2 is 1.84 bits per heavy atom. The van der Waals surface area contributed by atoms with Gasteiger partial charge in [-0.15, -0.1) is 5.73 Å². The van der Waals surface area contributed by atoms with Crippen LogP contribution in [0.4, 0.5) is 4.79 Å². The number of amides is 1. The lowest BCUT2D eigenvalue weighted by molar-refractivity contribution is 0.164. The maximum atomic E-state index is 12.2. The largest absolute Gasteiger partial charge is 0.447 e. The van der Waals surface area contributed by atoms with E-state index in [1.165, 1.54) is 5.56 Å². The number of nitrogens with zero attached hydrogens (tertiary/aromatic N) is 1. The molecule has 0 saturated carbocycles. The van der Waals surface area contributed by atoms with Crippen molar-refractivity contribution >= 4 is 12.2 Å². The average Bonchev–Trinajstić information content (AvgIpc) is 3.01. The van der Waals surface area contributed by atoms with Crippen molar-refractivity contribution in [1.82, 2.24) is 4.90 Å². The Morgan fingerprint density at radius 1 is 1.16 bits per heavy atom. The summed E-state index contributed by atoms with van der Waals surface area (Å²) >= 11 is 0. The van der Waals surface area contributed by atoms with E-state index in [0.29, 0.717) is 13.0 Å². The van der Waals surface area contributed by atoms with E-state index < -0.39 is 0 Å². The van der Waals surface area contributed by atoms with Crippen molar-refractivity contribution in [3.8, 4) is 0 Å². The van der Waals surface area contributed by atoms with Gasteiger partial charge < -0.3 is 4.74 Å². The Labute approximate surface area is 148 Å². The first-order valence-corrected chi connectivity index (χ1v) is 8.38. The number of ether oxygens (including phenoxy) is 1. The van der Waals surface area contributed by atoms with Crippen LogP contribution < -0.4 is 0 Å². The lowest BCUT2D eigenvalue weighted by Gasteiger charge is -2.22. The average molecular weight is 331 g/mol. The zero-order valence-corrected chi connectivity index (χ0v) is 14.1. The zero-order chi connectivity index (χ0) is 17.5. The fourth-order valence-electron chi connectivity index (χ4n) is 2.95. The Morgan fingerprint density at radius 3 is 2.52 bits per heavy atom. The van der Waals surface area contributed by atoms with Crippen LogP contribution in [0.2, 0.25) is 0 Å². The number of carbonyl (C=O) groups is 1. The van der Waals surface area contributed by atoms with E-state index in [1.807, 2.05) is 60.7 Å². The van der Waals surface area contributed by atoms with E-state index in [0.717, 1.165) is 17.7 Å². The van der Waals surface area contributed by atoms with Gasteiger partial charge in [-0.05, 0) is 17.5 Å². The molecule has 0 unspecified atom stereocenters. The molecule has 0 spiro atoms. The molecule has 2 aromatic rings. The predicted octanol–water partition coefficient (Wildman–Crippen LogP) is 4.82. The molecule has 1 saturated heterocycles. The van der Waals surface area contributed by atoms with Gasteiger partial charge in [-0.25, -0.2) is 4.79 Å². The van der Waals surface area contributed by atoms with Crippen molar-refractivity contribution in [3.05, 3.63) is 95.9 Å². The highest BCUT2D eigenvalue weighted by atomic mass is 16.6. The number of allylic oxidation sites excluding steroid dienone is 1. The molecule has 0 aromatic heterocycles. The summed E-state index contributed by atoms with van der Waals surface area (Å²) in [6.45, 7) is 4.15. The molecule has 126 valence electrons. The molecule has 1 heterocycles. The maximum Gasteiger partial charge on any atom is 0.414 e. The van der Waals surface area contributed by atoms with Gasteiger partial charge in [-0.2, -0.15) is 0 Å². The minimum absolute atomic E-state index is 0.0238. The molecular formula is C22H21NO2. The van der Waals surface area contributed by atoms with E-state index in [1.54, 1.807) is 4.90 Å². The second-order valence-electron chi connectivity index (χ2n) is 5.93. The second-order valence-corrected chi connectivity index (χ2v) is 5.93. The van der Waals surface area contributed by atoms with Crippen LogP contribution in [0.1, 0.15) is 17.5 Å². The highest BCUT2D eigenvalue weighted by Gasteiger charge is 2.35. The minimum atomic E-state index is -0.319. The van der Waals surface area contributed by atoms with Gasteiger partial charge in [0.05, 0.1) is 11.7 Å². The number of benzene rings is 2. The zero-order valence-electron chi connectivity index (χ0n) is 14.1. The van der Waals surface area contributed by atoms with E-state index in [4.69, 9.17) is 4.74 Å². The first-order valence-electron chi connectivity index (χ1n) is 8.38. The Balaban J connectivity index is 1.70. The number of carbonyl (C=O) groups excluding carboxylic acids is 1. The van der Waals surface area contributed by atoms with Crippen LogP contribution in [-0.2, 0) is 11.2 Å². The van der Waals surface area contributed by atoms with E-state index in [2.05, 4.69) is 24.4 Å². The van der Waals surface area contributed by atoms with Crippen LogP contribution in [0.3, 0.4) is 0 Å².